The zero-order chi connectivity index (χ0) is 14.3. The third-order valence-corrected chi connectivity index (χ3v) is 4.52. The monoisotopic (exact) mass is 292 g/mol. The van der Waals surface area contributed by atoms with Gasteiger partial charge in [-0.15, -0.1) is 0 Å². The Morgan fingerprint density at radius 3 is 2.11 bits per heavy atom. The molecule has 1 unspecified atom stereocenters. The Labute approximate surface area is 118 Å². The molecule has 0 saturated carbocycles. The summed E-state index contributed by atoms with van der Waals surface area (Å²) in [6.45, 7) is 13.3. The summed E-state index contributed by atoms with van der Waals surface area (Å²) in [7, 11) is -3.22. The van der Waals surface area contributed by atoms with Gasteiger partial charge in [-0.2, -0.15) is 0 Å². The average Bonchev–Trinajstić information content (AvgIpc) is 2.52. The summed E-state index contributed by atoms with van der Waals surface area (Å²) in [5.74, 6) is 1.00. The van der Waals surface area contributed by atoms with Crippen molar-refractivity contribution in [3.05, 3.63) is 41.2 Å². The molecule has 0 amide bonds. The van der Waals surface area contributed by atoms with E-state index in [1.807, 2.05) is 0 Å². The van der Waals surface area contributed by atoms with Crippen molar-refractivity contribution in [2.45, 2.75) is 45.4 Å². The first kappa shape index (κ1) is 14.6. The lowest BCUT2D eigenvalue weighted by molar-refractivity contribution is 0.184. The molecule has 0 bridgehead atoms. The van der Waals surface area contributed by atoms with Crippen LogP contribution in [-0.4, -0.2) is 16.6 Å². The van der Waals surface area contributed by atoms with Gasteiger partial charge in [-0.3, -0.25) is 0 Å². The molecule has 19 heavy (non-hydrogen) atoms. The van der Waals surface area contributed by atoms with Crippen molar-refractivity contribution < 1.29 is 8.85 Å². The molecular formula is C15H24O2Si2. The minimum atomic E-state index is -1.61. The van der Waals surface area contributed by atoms with E-state index in [0.29, 0.717) is 0 Å². The predicted octanol–water partition coefficient (Wildman–Crippen LogP) is 4.79. The lowest BCUT2D eigenvalue weighted by Crippen LogP contribution is -2.31. The molecule has 2 rings (SSSR count). The van der Waals surface area contributed by atoms with Crippen LogP contribution in [0.2, 0.25) is 39.3 Å². The fourth-order valence-corrected chi connectivity index (χ4v) is 4.00. The Hall–Kier alpha value is -0.846. The second-order valence-corrected chi connectivity index (χ2v) is 15.9. The standard InChI is InChI=1S/C15H24O2Si2/c1-18(2,3)16-14-11-12-9-7-8-10-13(12)15(14)17-19(4,5)6/h7-11,15H,1-6H3. The van der Waals surface area contributed by atoms with E-state index in [1.165, 1.54) is 11.1 Å². The molecule has 0 N–H and O–H groups in total. The number of hydrogen-bond acceptors (Lipinski definition) is 2. The molecule has 0 radical (unpaired) electrons. The van der Waals surface area contributed by atoms with Crippen molar-refractivity contribution in [1.29, 1.82) is 0 Å². The van der Waals surface area contributed by atoms with Crippen LogP contribution in [-0.2, 0) is 8.85 Å². The molecule has 0 aromatic heterocycles. The van der Waals surface area contributed by atoms with Crippen molar-refractivity contribution in [1.82, 2.24) is 0 Å². The second kappa shape index (κ2) is 4.92. The largest absolute Gasteiger partial charge is 0.545 e. The molecule has 1 atom stereocenters. The smallest absolute Gasteiger partial charge is 0.241 e. The van der Waals surface area contributed by atoms with E-state index in [0.717, 1.165) is 5.76 Å². The summed E-state index contributed by atoms with van der Waals surface area (Å²) in [6.07, 6.45) is 2.15. The third kappa shape index (κ3) is 3.81. The zero-order valence-corrected chi connectivity index (χ0v) is 14.8. The molecule has 1 aromatic carbocycles. The maximum absolute atomic E-state index is 6.35. The van der Waals surface area contributed by atoms with Gasteiger partial charge in [0.05, 0.1) is 0 Å². The fraction of sp³-hybridized carbons (Fsp3) is 0.467. The van der Waals surface area contributed by atoms with Crippen molar-refractivity contribution in [3.8, 4) is 0 Å². The Kier molecular flexibility index (Phi) is 3.77. The van der Waals surface area contributed by atoms with Gasteiger partial charge in [0, 0.05) is 0 Å². The van der Waals surface area contributed by atoms with Gasteiger partial charge >= 0.3 is 0 Å². The summed E-state index contributed by atoms with van der Waals surface area (Å²) in [6, 6.07) is 8.43. The van der Waals surface area contributed by atoms with E-state index in [-0.39, 0.29) is 6.10 Å². The molecule has 1 aliphatic carbocycles. The fourth-order valence-electron chi connectivity index (χ4n) is 2.17. The van der Waals surface area contributed by atoms with Crippen LogP contribution in [0.4, 0.5) is 0 Å². The van der Waals surface area contributed by atoms with Crippen molar-refractivity contribution in [3.63, 3.8) is 0 Å². The summed E-state index contributed by atoms with van der Waals surface area (Å²) < 4.78 is 12.6. The van der Waals surface area contributed by atoms with Crippen LogP contribution >= 0.6 is 0 Å². The van der Waals surface area contributed by atoms with Gasteiger partial charge in [-0.1, -0.05) is 24.3 Å². The maximum atomic E-state index is 6.35. The molecule has 4 heteroatoms. The van der Waals surface area contributed by atoms with Gasteiger partial charge in [0.1, 0.15) is 11.9 Å². The topological polar surface area (TPSA) is 18.5 Å². The van der Waals surface area contributed by atoms with Crippen LogP contribution in [0, 0.1) is 0 Å². The Morgan fingerprint density at radius 2 is 1.53 bits per heavy atom. The van der Waals surface area contributed by atoms with Gasteiger partial charge in [0.2, 0.25) is 8.32 Å². The van der Waals surface area contributed by atoms with Crippen LogP contribution < -0.4 is 0 Å². The van der Waals surface area contributed by atoms with Crippen molar-refractivity contribution >= 4 is 22.7 Å². The predicted molar refractivity (Wildman–Crippen MR) is 86.0 cm³/mol. The Bertz CT molecular complexity index is 496. The van der Waals surface area contributed by atoms with E-state index in [1.54, 1.807) is 0 Å². The number of benzene rings is 1. The van der Waals surface area contributed by atoms with E-state index in [4.69, 9.17) is 8.85 Å². The van der Waals surface area contributed by atoms with Crippen molar-refractivity contribution in [2.24, 2.45) is 0 Å². The highest BCUT2D eigenvalue weighted by atomic mass is 28.4. The van der Waals surface area contributed by atoms with E-state index >= 15 is 0 Å². The summed E-state index contributed by atoms with van der Waals surface area (Å²) in [5, 5.41) is 0. The SMILES string of the molecule is C[Si](C)(C)OC1=Cc2ccccc2C1O[Si](C)(C)C. The highest BCUT2D eigenvalue weighted by Gasteiger charge is 2.33. The van der Waals surface area contributed by atoms with Gasteiger partial charge in [-0.05, 0) is 56.5 Å². The lowest BCUT2D eigenvalue weighted by atomic mass is 10.1. The molecule has 0 fully saturated rings. The molecule has 2 nitrogen and oxygen atoms in total. The number of fused-ring (bicyclic) bond motifs is 1. The molecule has 0 heterocycles. The van der Waals surface area contributed by atoms with Crippen LogP contribution in [0.1, 0.15) is 17.2 Å². The van der Waals surface area contributed by atoms with E-state index in [2.05, 4.69) is 69.6 Å². The summed E-state index contributed by atoms with van der Waals surface area (Å²) >= 11 is 0. The molecule has 104 valence electrons. The lowest BCUT2D eigenvalue weighted by Gasteiger charge is -2.29. The van der Waals surface area contributed by atoms with Crippen LogP contribution in [0.5, 0.6) is 0 Å². The van der Waals surface area contributed by atoms with Crippen LogP contribution in [0.15, 0.2) is 30.0 Å². The molecular weight excluding hydrogens is 268 g/mol. The van der Waals surface area contributed by atoms with Gasteiger partial charge in [0.25, 0.3) is 0 Å². The third-order valence-electron chi connectivity index (χ3n) is 2.73. The molecule has 0 aliphatic heterocycles. The second-order valence-electron chi connectivity index (χ2n) is 7.00. The first-order chi connectivity index (χ1) is 8.66. The minimum Gasteiger partial charge on any atom is -0.545 e. The maximum Gasteiger partial charge on any atom is 0.241 e. The van der Waals surface area contributed by atoms with Crippen LogP contribution in [0.3, 0.4) is 0 Å². The van der Waals surface area contributed by atoms with Gasteiger partial charge in [-0.25, -0.2) is 0 Å². The minimum absolute atomic E-state index is 0.00501. The van der Waals surface area contributed by atoms with Gasteiger partial charge in [0.15, 0.2) is 8.32 Å². The first-order valence-corrected chi connectivity index (χ1v) is 13.6. The highest BCUT2D eigenvalue weighted by molar-refractivity contribution is 6.70. The Morgan fingerprint density at radius 1 is 0.895 bits per heavy atom. The molecule has 0 spiro atoms. The van der Waals surface area contributed by atoms with Crippen molar-refractivity contribution in [2.75, 3.05) is 0 Å². The number of hydrogen-bond donors (Lipinski definition) is 0. The molecule has 1 aromatic rings. The van der Waals surface area contributed by atoms with E-state index in [9.17, 15) is 0 Å². The quantitative estimate of drug-likeness (QED) is 0.743. The zero-order valence-electron chi connectivity index (χ0n) is 12.8. The molecule has 1 aliphatic rings. The number of rotatable bonds is 4. The molecule has 0 saturated heterocycles. The Balaban J connectivity index is 2.32. The van der Waals surface area contributed by atoms with Crippen LogP contribution in [0.25, 0.3) is 6.08 Å². The summed E-state index contributed by atoms with van der Waals surface area (Å²) in [5.41, 5.74) is 2.48. The highest BCUT2D eigenvalue weighted by Crippen LogP contribution is 2.40. The summed E-state index contributed by atoms with van der Waals surface area (Å²) in [4.78, 5) is 0. The van der Waals surface area contributed by atoms with Gasteiger partial charge < -0.3 is 8.85 Å². The first-order valence-electron chi connectivity index (χ1n) is 6.83. The normalized spacial score (nSPS) is 19.1. The average molecular weight is 293 g/mol. The van der Waals surface area contributed by atoms with E-state index < -0.39 is 16.6 Å².